The first-order valence-corrected chi connectivity index (χ1v) is 6.08. The van der Waals surface area contributed by atoms with E-state index in [4.69, 9.17) is 5.73 Å². The normalized spacial score (nSPS) is 18.3. The Bertz CT molecular complexity index is 277. The highest BCUT2D eigenvalue weighted by molar-refractivity contribution is 7.09. The number of thiophene rings is 1. The molecule has 0 spiro atoms. The Morgan fingerprint density at radius 3 is 2.67 bits per heavy atom. The van der Waals surface area contributed by atoms with Crippen molar-refractivity contribution in [1.29, 1.82) is 0 Å². The van der Waals surface area contributed by atoms with Crippen molar-refractivity contribution in [2.45, 2.75) is 31.3 Å². The van der Waals surface area contributed by atoms with Gasteiger partial charge < -0.3 is 5.73 Å². The third-order valence-electron chi connectivity index (χ3n) is 3.45. The van der Waals surface area contributed by atoms with Gasteiger partial charge in [0.1, 0.15) is 0 Å². The number of hydrogen-bond acceptors (Lipinski definition) is 3. The van der Waals surface area contributed by atoms with E-state index in [0.717, 1.165) is 13.1 Å². The molecule has 15 heavy (non-hydrogen) atoms. The van der Waals surface area contributed by atoms with E-state index in [1.807, 2.05) is 11.3 Å². The molecule has 1 heterocycles. The first-order valence-electron chi connectivity index (χ1n) is 5.20. The first-order chi connectivity index (χ1) is 6.77. The Labute approximate surface area is 102 Å². The van der Waals surface area contributed by atoms with Gasteiger partial charge in [0.25, 0.3) is 0 Å². The summed E-state index contributed by atoms with van der Waals surface area (Å²) < 4.78 is 0. The van der Waals surface area contributed by atoms with Crippen LogP contribution in [0, 0.1) is 0 Å². The first kappa shape index (κ1) is 13.0. The summed E-state index contributed by atoms with van der Waals surface area (Å²) in [4.78, 5) is 3.87. The minimum absolute atomic E-state index is 0. The van der Waals surface area contributed by atoms with E-state index < -0.39 is 0 Å². The summed E-state index contributed by atoms with van der Waals surface area (Å²) in [6.07, 6.45) is 3.88. The average molecular weight is 247 g/mol. The molecule has 0 amide bonds. The van der Waals surface area contributed by atoms with Gasteiger partial charge in [-0.1, -0.05) is 6.07 Å². The minimum atomic E-state index is 0. The van der Waals surface area contributed by atoms with Crippen molar-refractivity contribution >= 4 is 23.7 Å². The molecule has 2 nitrogen and oxygen atoms in total. The number of rotatable bonds is 4. The smallest absolute Gasteiger partial charge is 0.0332 e. The van der Waals surface area contributed by atoms with E-state index in [1.165, 1.54) is 24.1 Å². The van der Waals surface area contributed by atoms with Gasteiger partial charge in [-0.25, -0.2) is 0 Å². The van der Waals surface area contributed by atoms with Crippen LogP contribution in [0.1, 0.15) is 24.1 Å². The summed E-state index contributed by atoms with van der Waals surface area (Å²) in [6.45, 7) is 1.85. The summed E-state index contributed by atoms with van der Waals surface area (Å²) in [5.74, 6) is 0. The van der Waals surface area contributed by atoms with Gasteiger partial charge in [-0.05, 0) is 37.8 Å². The lowest BCUT2D eigenvalue weighted by atomic mass is 9.75. The molecule has 2 rings (SSSR count). The number of nitrogens with zero attached hydrogens (tertiary/aromatic N) is 1. The van der Waals surface area contributed by atoms with E-state index in [1.54, 1.807) is 0 Å². The summed E-state index contributed by atoms with van der Waals surface area (Å²) in [7, 11) is 2.20. The van der Waals surface area contributed by atoms with Gasteiger partial charge in [-0.15, -0.1) is 23.7 Å². The van der Waals surface area contributed by atoms with Crippen molar-refractivity contribution in [3.63, 3.8) is 0 Å². The molecule has 1 aliphatic rings. The number of nitrogens with two attached hydrogens (primary N) is 1. The molecule has 4 heteroatoms. The highest BCUT2D eigenvalue weighted by Gasteiger charge is 2.39. The van der Waals surface area contributed by atoms with Gasteiger partial charge >= 0.3 is 0 Å². The van der Waals surface area contributed by atoms with Crippen molar-refractivity contribution in [2.75, 3.05) is 13.6 Å². The van der Waals surface area contributed by atoms with Crippen LogP contribution < -0.4 is 5.73 Å². The summed E-state index contributed by atoms with van der Waals surface area (Å²) in [5.41, 5.74) is 6.17. The van der Waals surface area contributed by atoms with Gasteiger partial charge in [-0.3, -0.25) is 4.90 Å². The van der Waals surface area contributed by atoms with Crippen LogP contribution in [-0.2, 0) is 6.54 Å². The van der Waals surface area contributed by atoms with Crippen molar-refractivity contribution in [3.05, 3.63) is 22.4 Å². The second-order valence-corrected chi connectivity index (χ2v) is 5.25. The van der Waals surface area contributed by atoms with Crippen LogP contribution in [0.15, 0.2) is 17.5 Å². The molecule has 0 aliphatic heterocycles. The van der Waals surface area contributed by atoms with Crippen LogP contribution in [0.25, 0.3) is 0 Å². The highest BCUT2D eigenvalue weighted by Crippen LogP contribution is 2.36. The molecule has 0 unspecified atom stereocenters. The quantitative estimate of drug-likeness (QED) is 0.885. The van der Waals surface area contributed by atoms with E-state index >= 15 is 0 Å². The van der Waals surface area contributed by atoms with E-state index in [9.17, 15) is 0 Å². The predicted molar refractivity (Wildman–Crippen MR) is 68.7 cm³/mol. The SMILES string of the molecule is CN(Cc1cccs1)C1(CN)CCC1.Cl. The van der Waals surface area contributed by atoms with E-state index in [-0.39, 0.29) is 12.4 Å². The fourth-order valence-electron chi connectivity index (χ4n) is 2.13. The third kappa shape index (κ3) is 2.53. The van der Waals surface area contributed by atoms with Crippen LogP contribution in [-0.4, -0.2) is 24.0 Å². The van der Waals surface area contributed by atoms with E-state index in [0.29, 0.717) is 5.54 Å². The zero-order valence-electron chi connectivity index (χ0n) is 9.11. The molecular weight excluding hydrogens is 228 g/mol. The molecular formula is C11H19ClN2S. The Kier molecular flexibility index (Phi) is 4.59. The lowest BCUT2D eigenvalue weighted by Crippen LogP contribution is -2.56. The zero-order valence-corrected chi connectivity index (χ0v) is 10.7. The molecule has 0 saturated heterocycles. The zero-order chi connectivity index (χ0) is 10.0. The van der Waals surface area contributed by atoms with Crippen molar-refractivity contribution in [1.82, 2.24) is 4.90 Å². The fourth-order valence-corrected chi connectivity index (χ4v) is 2.89. The summed E-state index contributed by atoms with van der Waals surface area (Å²) >= 11 is 1.83. The Balaban J connectivity index is 0.00000112. The Hall–Kier alpha value is -0.0900. The molecule has 1 fully saturated rings. The van der Waals surface area contributed by atoms with Gasteiger partial charge in [0.15, 0.2) is 0 Å². The average Bonchev–Trinajstić information content (AvgIpc) is 2.55. The second-order valence-electron chi connectivity index (χ2n) is 4.22. The minimum Gasteiger partial charge on any atom is -0.329 e. The van der Waals surface area contributed by atoms with Crippen LogP contribution in [0.3, 0.4) is 0 Å². The number of hydrogen-bond donors (Lipinski definition) is 1. The molecule has 0 atom stereocenters. The van der Waals surface area contributed by atoms with Crippen LogP contribution in [0.4, 0.5) is 0 Å². The summed E-state index contributed by atoms with van der Waals surface area (Å²) in [6, 6.07) is 4.31. The monoisotopic (exact) mass is 246 g/mol. The van der Waals surface area contributed by atoms with Gasteiger partial charge in [0.05, 0.1) is 0 Å². The summed E-state index contributed by atoms with van der Waals surface area (Å²) in [5, 5.41) is 2.14. The van der Waals surface area contributed by atoms with Gasteiger partial charge in [0, 0.05) is 23.5 Å². The van der Waals surface area contributed by atoms with Crippen molar-refractivity contribution in [3.8, 4) is 0 Å². The Morgan fingerprint density at radius 2 is 2.27 bits per heavy atom. The maximum atomic E-state index is 5.86. The van der Waals surface area contributed by atoms with E-state index in [2.05, 4.69) is 29.5 Å². The largest absolute Gasteiger partial charge is 0.329 e. The molecule has 86 valence electrons. The molecule has 1 aliphatic carbocycles. The second kappa shape index (κ2) is 5.30. The topological polar surface area (TPSA) is 29.3 Å². The molecule has 2 N–H and O–H groups in total. The van der Waals surface area contributed by atoms with Crippen LogP contribution >= 0.6 is 23.7 Å². The standard InChI is InChI=1S/C11H18N2S.ClH/c1-13(8-10-4-2-7-14-10)11(9-12)5-3-6-11;/h2,4,7H,3,5-6,8-9,12H2,1H3;1H. The molecule has 0 bridgehead atoms. The van der Waals surface area contributed by atoms with Gasteiger partial charge in [-0.2, -0.15) is 0 Å². The molecule has 1 saturated carbocycles. The lowest BCUT2D eigenvalue weighted by Gasteiger charge is -2.48. The maximum absolute atomic E-state index is 5.86. The molecule has 0 aromatic carbocycles. The Morgan fingerprint density at radius 1 is 1.53 bits per heavy atom. The van der Waals surface area contributed by atoms with Gasteiger partial charge in [0.2, 0.25) is 0 Å². The predicted octanol–water partition coefficient (Wildman–Crippen LogP) is 2.48. The van der Waals surface area contributed by atoms with Crippen LogP contribution in [0.2, 0.25) is 0 Å². The lowest BCUT2D eigenvalue weighted by molar-refractivity contribution is 0.0406. The fraction of sp³-hybridized carbons (Fsp3) is 0.636. The molecule has 1 aromatic rings. The molecule has 1 aromatic heterocycles. The van der Waals surface area contributed by atoms with Crippen molar-refractivity contribution in [2.24, 2.45) is 5.73 Å². The number of halogens is 1. The molecule has 0 radical (unpaired) electrons. The maximum Gasteiger partial charge on any atom is 0.0332 e. The highest BCUT2D eigenvalue weighted by atomic mass is 35.5. The third-order valence-corrected chi connectivity index (χ3v) is 4.31. The number of likely N-dealkylation sites (N-methyl/N-ethyl adjacent to an activating group) is 1. The van der Waals surface area contributed by atoms with Crippen molar-refractivity contribution < 1.29 is 0 Å². The van der Waals surface area contributed by atoms with Crippen LogP contribution in [0.5, 0.6) is 0 Å².